The van der Waals surface area contributed by atoms with Crippen LogP contribution < -0.4 is 9.47 Å². The Morgan fingerprint density at radius 3 is 2.67 bits per heavy atom. The normalized spacial score (nSPS) is 26.7. The monoisotopic (exact) mass is 313 g/mol. The van der Waals surface area contributed by atoms with Crippen LogP contribution in [0.1, 0.15) is 25.8 Å². The van der Waals surface area contributed by atoms with Crippen LogP contribution in [-0.4, -0.2) is 42.9 Å². The molecule has 1 fully saturated rings. The van der Waals surface area contributed by atoms with Crippen molar-refractivity contribution >= 4 is 11.6 Å². The van der Waals surface area contributed by atoms with Crippen LogP contribution in [-0.2, 0) is 6.54 Å². The van der Waals surface area contributed by atoms with Crippen LogP contribution in [0.3, 0.4) is 0 Å². The third-order valence-corrected chi connectivity index (χ3v) is 4.66. The van der Waals surface area contributed by atoms with Crippen LogP contribution >= 0.6 is 11.6 Å². The summed E-state index contributed by atoms with van der Waals surface area (Å²) in [5, 5.41) is 10.9. The number of nitrogens with zero attached hydrogens (tertiary/aromatic N) is 1. The second-order valence-corrected chi connectivity index (χ2v) is 6.48. The lowest BCUT2D eigenvalue weighted by molar-refractivity contribution is -0.0524. The summed E-state index contributed by atoms with van der Waals surface area (Å²) in [7, 11) is 3.25. The Morgan fingerprint density at radius 1 is 1.38 bits per heavy atom. The predicted octanol–water partition coefficient (Wildman–Crippen LogP) is 2.95. The highest BCUT2D eigenvalue weighted by Crippen LogP contribution is 2.36. The van der Waals surface area contributed by atoms with Gasteiger partial charge in [0.05, 0.1) is 19.8 Å². The Hall–Kier alpha value is -0.970. The molecule has 0 unspecified atom stereocenters. The van der Waals surface area contributed by atoms with Crippen molar-refractivity contribution in [1.82, 2.24) is 4.90 Å². The molecule has 1 aromatic carbocycles. The lowest BCUT2D eigenvalue weighted by atomic mass is 9.84. The van der Waals surface area contributed by atoms with Crippen molar-refractivity contribution in [2.45, 2.75) is 32.4 Å². The molecule has 1 aromatic rings. The first-order chi connectivity index (χ1) is 9.87. The van der Waals surface area contributed by atoms with E-state index in [0.29, 0.717) is 10.8 Å². The molecule has 1 heterocycles. The summed E-state index contributed by atoms with van der Waals surface area (Å²) >= 11 is 6.16. The molecule has 1 saturated heterocycles. The minimum Gasteiger partial charge on any atom is -0.493 e. The number of aliphatic hydroxyl groups is 1. The van der Waals surface area contributed by atoms with Gasteiger partial charge >= 0.3 is 0 Å². The molecule has 0 spiro atoms. The van der Waals surface area contributed by atoms with Gasteiger partial charge in [-0.2, -0.15) is 0 Å². The van der Waals surface area contributed by atoms with Crippen LogP contribution in [0.5, 0.6) is 11.5 Å². The fourth-order valence-electron chi connectivity index (χ4n) is 2.81. The van der Waals surface area contributed by atoms with E-state index >= 15 is 0 Å². The lowest BCUT2D eigenvalue weighted by Crippen LogP contribution is -2.48. The van der Waals surface area contributed by atoms with Gasteiger partial charge < -0.3 is 14.6 Å². The predicted molar refractivity (Wildman–Crippen MR) is 84.2 cm³/mol. The summed E-state index contributed by atoms with van der Waals surface area (Å²) in [6.07, 6.45) is 0.772. The van der Waals surface area contributed by atoms with Crippen LogP contribution in [0.25, 0.3) is 0 Å². The van der Waals surface area contributed by atoms with E-state index in [2.05, 4.69) is 11.8 Å². The van der Waals surface area contributed by atoms with E-state index in [1.165, 1.54) is 0 Å². The molecule has 5 heteroatoms. The maximum atomic E-state index is 10.3. The van der Waals surface area contributed by atoms with Gasteiger partial charge in [-0.3, -0.25) is 4.90 Å². The van der Waals surface area contributed by atoms with E-state index in [1.54, 1.807) is 20.3 Å². The zero-order chi connectivity index (χ0) is 15.6. The topological polar surface area (TPSA) is 41.9 Å². The maximum absolute atomic E-state index is 10.3. The first-order valence-corrected chi connectivity index (χ1v) is 7.60. The average Bonchev–Trinajstić information content (AvgIpc) is 2.42. The van der Waals surface area contributed by atoms with Gasteiger partial charge in [0.25, 0.3) is 0 Å². The molecule has 0 bridgehead atoms. The zero-order valence-electron chi connectivity index (χ0n) is 13.1. The second kappa shape index (κ2) is 6.42. The van der Waals surface area contributed by atoms with Crippen molar-refractivity contribution in [3.63, 3.8) is 0 Å². The van der Waals surface area contributed by atoms with E-state index in [-0.39, 0.29) is 5.92 Å². The third-order valence-electron chi connectivity index (χ3n) is 4.44. The molecule has 1 aliphatic heterocycles. The number of hydrogen-bond donors (Lipinski definition) is 1. The molecule has 2 rings (SSSR count). The number of halogens is 1. The van der Waals surface area contributed by atoms with Gasteiger partial charge in [0.1, 0.15) is 0 Å². The molecule has 21 heavy (non-hydrogen) atoms. The van der Waals surface area contributed by atoms with E-state index in [1.807, 2.05) is 13.0 Å². The third kappa shape index (κ3) is 3.62. The van der Waals surface area contributed by atoms with Crippen LogP contribution in [0.2, 0.25) is 5.02 Å². The van der Waals surface area contributed by atoms with Gasteiger partial charge in [0, 0.05) is 36.3 Å². The van der Waals surface area contributed by atoms with E-state index < -0.39 is 5.60 Å². The van der Waals surface area contributed by atoms with Gasteiger partial charge in [-0.05, 0) is 25.3 Å². The Labute approximate surface area is 131 Å². The van der Waals surface area contributed by atoms with E-state index in [9.17, 15) is 5.11 Å². The molecule has 1 aliphatic rings. The van der Waals surface area contributed by atoms with Gasteiger partial charge in [0.15, 0.2) is 11.5 Å². The highest BCUT2D eigenvalue weighted by molar-refractivity contribution is 6.30. The van der Waals surface area contributed by atoms with Gasteiger partial charge in [-0.1, -0.05) is 18.5 Å². The smallest absolute Gasteiger partial charge is 0.165 e. The van der Waals surface area contributed by atoms with Crippen LogP contribution in [0.4, 0.5) is 0 Å². The minimum atomic E-state index is -0.577. The summed E-state index contributed by atoms with van der Waals surface area (Å²) < 4.78 is 10.8. The molecule has 0 aromatic heterocycles. The van der Waals surface area contributed by atoms with Crippen molar-refractivity contribution in [1.29, 1.82) is 0 Å². The maximum Gasteiger partial charge on any atom is 0.165 e. The number of likely N-dealkylation sites (tertiary alicyclic amines) is 1. The highest BCUT2D eigenvalue weighted by atomic mass is 35.5. The standard InChI is InChI=1S/C16H24ClNO3/c1-11-9-18(6-5-16(11,2)19)10-12-7-13(17)8-14(20-3)15(12)21-4/h7-8,11,19H,5-6,9-10H2,1-4H3/t11-,16+/m1/s1. The Kier molecular flexibility index (Phi) is 5.02. The molecule has 0 saturated carbocycles. The number of rotatable bonds is 4. The summed E-state index contributed by atoms with van der Waals surface area (Å²) in [5.41, 5.74) is 0.433. The van der Waals surface area contributed by atoms with E-state index in [0.717, 1.165) is 37.4 Å². The SMILES string of the molecule is COc1cc(Cl)cc(CN2CC[C@](C)(O)[C@H](C)C2)c1OC. The number of benzene rings is 1. The molecule has 118 valence electrons. The molecule has 0 radical (unpaired) electrons. The molecule has 2 atom stereocenters. The molecule has 0 amide bonds. The van der Waals surface area contributed by atoms with Crippen molar-refractivity contribution < 1.29 is 14.6 Å². The summed E-state index contributed by atoms with van der Waals surface area (Å²) in [5.74, 6) is 1.61. The van der Waals surface area contributed by atoms with Gasteiger partial charge in [-0.15, -0.1) is 0 Å². The first-order valence-electron chi connectivity index (χ1n) is 7.22. The molecular formula is C16H24ClNO3. The number of hydrogen-bond acceptors (Lipinski definition) is 4. The Morgan fingerprint density at radius 2 is 2.10 bits per heavy atom. The first kappa shape index (κ1) is 16.4. The quantitative estimate of drug-likeness (QED) is 0.928. The van der Waals surface area contributed by atoms with Gasteiger partial charge in [0.2, 0.25) is 0 Å². The minimum absolute atomic E-state index is 0.235. The number of ether oxygens (including phenoxy) is 2. The van der Waals surface area contributed by atoms with E-state index in [4.69, 9.17) is 21.1 Å². The summed E-state index contributed by atoms with van der Waals surface area (Å²) in [4.78, 5) is 2.32. The van der Waals surface area contributed by atoms with Crippen molar-refractivity contribution in [3.05, 3.63) is 22.7 Å². The second-order valence-electron chi connectivity index (χ2n) is 6.04. The Balaban J connectivity index is 2.18. The average molecular weight is 314 g/mol. The van der Waals surface area contributed by atoms with Crippen molar-refractivity contribution in [2.24, 2.45) is 5.92 Å². The Bertz CT molecular complexity index is 505. The molecule has 0 aliphatic carbocycles. The zero-order valence-corrected chi connectivity index (χ0v) is 13.9. The van der Waals surface area contributed by atoms with Crippen molar-refractivity contribution in [3.8, 4) is 11.5 Å². The molecule has 4 nitrogen and oxygen atoms in total. The van der Waals surface area contributed by atoms with Crippen molar-refractivity contribution in [2.75, 3.05) is 27.3 Å². The number of methoxy groups -OCH3 is 2. The fourth-order valence-corrected chi connectivity index (χ4v) is 3.04. The molecular weight excluding hydrogens is 290 g/mol. The molecule has 1 N–H and O–H groups in total. The fraction of sp³-hybridized carbons (Fsp3) is 0.625. The lowest BCUT2D eigenvalue weighted by Gasteiger charge is -2.41. The largest absolute Gasteiger partial charge is 0.493 e. The van der Waals surface area contributed by atoms with Crippen LogP contribution in [0.15, 0.2) is 12.1 Å². The van der Waals surface area contributed by atoms with Gasteiger partial charge in [-0.25, -0.2) is 0 Å². The number of piperidine rings is 1. The summed E-state index contributed by atoms with van der Waals surface area (Å²) in [6, 6.07) is 3.67. The van der Waals surface area contributed by atoms with Crippen LogP contribution in [0, 0.1) is 5.92 Å². The summed E-state index contributed by atoms with van der Waals surface area (Å²) in [6.45, 7) is 6.45. The highest BCUT2D eigenvalue weighted by Gasteiger charge is 2.34.